The molecule has 17 heavy (non-hydrogen) atoms. The van der Waals surface area contributed by atoms with Gasteiger partial charge in [-0.3, -0.25) is 4.68 Å². The molecule has 0 unspecified atom stereocenters. The van der Waals surface area contributed by atoms with Crippen molar-refractivity contribution >= 4 is 5.69 Å². The molecule has 90 valence electrons. The summed E-state index contributed by atoms with van der Waals surface area (Å²) in [5.74, 6) is 0.780. The zero-order chi connectivity index (χ0) is 12.3. The molecule has 0 aliphatic carbocycles. The second kappa shape index (κ2) is 4.91. The topological polar surface area (TPSA) is 53.1 Å². The van der Waals surface area contributed by atoms with Crippen LogP contribution < -0.4 is 10.5 Å². The number of hydrogen-bond acceptors (Lipinski definition) is 3. The van der Waals surface area contributed by atoms with E-state index in [4.69, 9.17) is 10.5 Å². The Labute approximate surface area is 101 Å². The van der Waals surface area contributed by atoms with Gasteiger partial charge in [-0.15, -0.1) is 0 Å². The van der Waals surface area contributed by atoms with Crippen LogP contribution in [0.5, 0.6) is 5.75 Å². The van der Waals surface area contributed by atoms with Crippen LogP contribution in [0, 0.1) is 13.8 Å². The normalized spacial score (nSPS) is 10.5. The van der Waals surface area contributed by atoms with Crippen molar-refractivity contribution in [3.8, 4) is 5.75 Å². The molecule has 1 heterocycles. The Bertz CT molecular complexity index is 468. The van der Waals surface area contributed by atoms with E-state index in [2.05, 4.69) is 11.2 Å². The molecule has 2 rings (SSSR count). The lowest BCUT2D eigenvalue weighted by atomic mass is 10.1. The van der Waals surface area contributed by atoms with Gasteiger partial charge < -0.3 is 10.5 Å². The van der Waals surface area contributed by atoms with E-state index in [0.717, 1.165) is 23.4 Å². The summed E-state index contributed by atoms with van der Waals surface area (Å²) in [7, 11) is 0. The fourth-order valence-corrected chi connectivity index (χ4v) is 1.86. The Kier molecular flexibility index (Phi) is 3.32. The number of ether oxygens (including phenoxy) is 1. The van der Waals surface area contributed by atoms with Gasteiger partial charge in [0, 0.05) is 12.4 Å². The van der Waals surface area contributed by atoms with Crippen LogP contribution in [-0.4, -0.2) is 16.4 Å². The van der Waals surface area contributed by atoms with E-state index in [0.29, 0.717) is 12.3 Å². The van der Waals surface area contributed by atoms with Crippen molar-refractivity contribution in [3.63, 3.8) is 0 Å². The molecule has 4 heteroatoms. The standard InChI is InChI=1S/C13H17N3O/c1-10-8-11(2)13(12(14)9-10)17-7-6-16-5-3-4-15-16/h3-5,8-9H,6-7,14H2,1-2H3. The number of benzene rings is 1. The van der Waals surface area contributed by atoms with Crippen LogP contribution in [0.4, 0.5) is 5.69 Å². The highest BCUT2D eigenvalue weighted by Crippen LogP contribution is 2.27. The summed E-state index contributed by atoms with van der Waals surface area (Å²) >= 11 is 0. The first kappa shape index (κ1) is 11.5. The first-order valence-electron chi connectivity index (χ1n) is 5.64. The molecule has 0 bridgehead atoms. The maximum atomic E-state index is 5.93. The second-order valence-corrected chi connectivity index (χ2v) is 4.12. The number of nitrogens with zero attached hydrogens (tertiary/aromatic N) is 2. The first-order chi connectivity index (χ1) is 8.16. The summed E-state index contributed by atoms with van der Waals surface area (Å²) in [6, 6.07) is 5.89. The van der Waals surface area contributed by atoms with Crippen LogP contribution >= 0.6 is 0 Å². The number of aromatic nitrogens is 2. The van der Waals surface area contributed by atoms with Gasteiger partial charge in [-0.2, -0.15) is 5.10 Å². The number of aryl methyl sites for hydroxylation is 2. The smallest absolute Gasteiger partial charge is 0.145 e. The quantitative estimate of drug-likeness (QED) is 0.820. The third-order valence-electron chi connectivity index (χ3n) is 2.57. The van der Waals surface area contributed by atoms with E-state index in [1.165, 1.54) is 0 Å². The zero-order valence-electron chi connectivity index (χ0n) is 10.2. The molecular weight excluding hydrogens is 214 g/mol. The summed E-state index contributed by atoms with van der Waals surface area (Å²) in [6.45, 7) is 5.32. The van der Waals surface area contributed by atoms with E-state index < -0.39 is 0 Å². The molecule has 2 aromatic rings. The van der Waals surface area contributed by atoms with E-state index in [9.17, 15) is 0 Å². The highest BCUT2D eigenvalue weighted by atomic mass is 16.5. The second-order valence-electron chi connectivity index (χ2n) is 4.12. The van der Waals surface area contributed by atoms with Gasteiger partial charge in [0.05, 0.1) is 12.2 Å². The zero-order valence-corrected chi connectivity index (χ0v) is 10.2. The molecule has 0 radical (unpaired) electrons. The Hall–Kier alpha value is -1.97. The summed E-state index contributed by atoms with van der Waals surface area (Å²) in [5, 5.41) is 4.11. The Balaban J connectivity index is 1.99. The van der Waals surface area contributed by atoms with Crippen molar-refractivity contribution in [1.29, 1.82) is 0 Å². The van der Waals surface area contributed by atoms with Crippen molar-refractivity contribution in [3.05, 3.63) is 41.7 Å². The lowest BCUT2D eigenvalue weighted by Gasteiger charge is -2.12. The minimum atomic E-state index is 0.565. The van der Waals surface area contributed by atoms with E-state index >= 15 is 0 Å². The molecule has 0 saturated heterocycles. The minimum Gasteiger partial charge on any atom is -0.489 e. The lowest BCUT2D eigenvalue weighted by molar-refractivity contribution is 0.291. The molecular formula is C13H17N3O. The average molecular weight is 231 g/mol. The van der Waals surface area contributed by atoms with Gasteiger partial charge in [0.25, 0.3) is 0 Å². The fraction of sp³-hybridized carbons (Fsp3) is 0.308. The van der Waals surface area contributed by atoms with Crippen molar-refractivity contribution < 1.29 is 4.74 Å². The van der Waals surface area contributed by atoms with Gasteiger partial charge in [0.1, 0.15) is 12.4 Å². The molecule has 0 amide bonds. The fourth-order valence-electron chi connectivity index (χ4n) is 1.86. The largest absolute Gasteiger partial charge is 0.489 e. The monoisotopic (exact) mass is 231 g/mol. The summed E-state index contributed by atoms with van der Waals surface area (Å²) in [4.78, 5) is 0. The van der Waals surface area contributed by atoms with Crippen LogP contribution in [-0.2, 0) is 6.54 Å². The van der Waals surface area contributed by atoms with E-state index in [1.807, 2.05) is 36.9 Å². The summed E-state index contributed by atoms with van der Waals surface area (Å²) < 4.78 is 7.54. The third-order valence-corrected chi connectivity index (χ3v) is 2.57. The van der Waals surface area contributed by atoms with E-state index in [1.54, 1.807) is 6.20 Å². The molecule has 2 N–H and O–H groups in total. The lowest BCUT2D eigenvalue weighted by Crippen LogP contribution is -2.10. The van der Waals surface area contributed by atoms with Crippen molar-refractivity contribution in [1.82, 2.24) is 9.78 Å². The van der Waals surface area contributed by atoms with Crippen molar-refractivity contribution in [2.24, 2.45) is 0 Å². The molecule has 0 aliphatic heterocycles. The molecule has 4 nitrogen and oxygen atoms in total. The Morgan fingerprint density at radius 2 is 2.18 bits per heavy atom. The number of hydrogen-bond donors (Lipinski definition) is 1. The molecule has 1 aromatic carbocycles. The van der Waals surface area contributed by atoms with Crippen LogP contribution in [0.25, 0.3) is 0 Å². The van der Waals surface area contributed by atoms with Gasteiger partial charge in [-0.1, -0.05) is 6.07 Å². The maximum absolute atomic E-state index is 5.93. The average Bonchev–Trinajstić information content (AvgIpc) is 2.74. The highest BCUT2D eigenvalue weighted by Gasteiger charge is 2.05. The summed E-state index contributed by atoms with van der Waals surface area (Å²) in [6.07, 6.45) is 3.67. The summed E-state index contributed by atoms with van der Waals surface area (Å²) in [5.41, 5.74) is 8.86. The van der Waals surface area contributed by atoms with Gasteiger partial charge in [-0.05, 0) is 37.1 Å². The molecule has 0 spiro atoms. The first-order valence-corrected chi connectivity index (χ1v) is 5.64. The molecule has 0 atom stereocenters. The molecule has 0 aliphatic rings. The molecule has 0 fully saturated rings. The maximum Gasteiger partial charge on any atom is 0.145 e. The Morgan fingerprint density at radius 1 is 1.35 bits per heavy atom. The predicted octanol–water partition coefficient (Wildman–Crippen LogP) is 2.16. The van der Waals surface area contributed by atoms with Crippen LogP contribution in [0.3, 0.4) is 0 Å². The van der Waals surface area contributed by atoms with E-state index in [-0.39, 0.29) is 0 Å². The van der Waals surface area contributed by atoms with Gasteiger partial charge in [0.15, 0.2) is 0 Å². The Morgan fingerprint density at radius 3 is 2.82 bits per heavy atom. The minimum absolute atomic E-state index is 0.565. The van der Waals surface area contributed by atoms with Gasteiger partial charge >= 0.3 is 0 Å². The van der Waals surface area contributed by atoms with Crippen molar-refractivity contribution in [2.45, 2.75) is 20.4 Å². The SMILES string of the molecule is Cc1cc(C)c(OCCn2cccn2)c(N)c1. The number of anilines is 1. The van der Waals surface area contributed by atoms with Gasteiger partial charge in [-0.25, -0.2) is 0 Å². The number of nitrogens with two attached hydrogens (primary N) is 1. The number of rotatable bonds is 4. The number of nitrogen functional groups attached to an aromatic ring is 1. The molecule has 1 aromatic heterocycles. The predicted molar refractivity (Wildman–Crippen MR) is 68.1 cm³/mol. The van der Waals surface area contributed by atoms with Crippen molar-refractivity contribution in [2.75, 3.05) is 12.3 Å². The highest BCUT2D eigenvalue weighted by molar-refractivity contribution is 5.58. The third kappa shape index (κ3) is 2.78. The van der Waals surface area contributed by atoms with Crippen LogP contribution in [0.2, 0.25) is 0 Å². The molecule has 0 saturated carbocycles. The van der Waals surface area contributed by atoms with Gasteiger partial charge in [0.2, 0.25) is 0 Å². The van der Waals surface area contributed by atoms with Crippen LogP contribution in [0.1, 0.15) is 11.1 Å². The van der Waals surface area contributed by atoms with Crippen LogP contribution in [0.15, 0.2) is 30.6 Å².